The molecule has 0 aliphatic heterocycles. The SMILES string of the molecule is CCNC(=NCc1ccc(CS(=O)(=O)NC(C)C)cc1)N(C)Cc1ccccc1OC. The van der Waals surface area contributed by atoms with Crippen molar-refractivity contribution >= 4 is 16.0 Å². The minimum Gasteiger partial charge on any atom is -0.496 e. The van der Waals surface area contributed by atoms with Crippen molar-refractivity contribution in [3.8, 4) is 5.75 Å². The van der Waals surface area contributed by atoms with E-state index < -0.39 is 10.0 Å². The van der Waals surface area contributed by atoms with Crippen LogP contribution in [0.4, 0.5) is 0 Å². The van der Waals surface area contributed by atoms with Crippen molar-refractivity contribution in [3.63, 3.8) is 0 Å². The summed E-state index contributed by atoms with van der Waals surface area (Å²) in [6, 6.07) is 15.4. The van der Waals surface area contributed by atoms with Gasteiger partial charge in [-0.15, -0.1) is 0 Å². The second-order valence-electron chi connectivity index (χ2n) is 7.69. The molecule has 0 spiro atoms. The van der Waals surface area contributed by atoms with Crippen LogP contribution in [0.2, 0.25) is 0 Å². The average Bonchev–Trinajstić information content (AvgIpc) is 2.71. The molecule has 2 aromatic rings. The zero-order valence-corrected chi connectivity index (χ0v) is 19.9. The summed E-state index contributed by atoms with van der Waals surface area (Å²) in [6.07, 6.45) is 0. The molecule has 0 bridgehead atoms. The summed E-state index contributed by atoms with van der Waals surface area (Å²) >= 11 is 0. The van der Waals surface area contributed by atoms with E-state index in [0.717, 1.165) is 34.9 Å². The monoisotopic (exact) mass is 446 g/mol. The highest BCUT2D eigenvalue weighted by atomic mass is 32.2. The van der Waals surface area contributed by atoms with E-state index in [0.29, 0.717) is 13.1 Å². The fourth-order valence-electron chi connectivity index (χ4n) is 3.16. The number of nitrogens with one attached hydrogen (secondary N) is 2. The molecule has 0 unspecified atom stereocenters. The topological polar surface area (TPSA) is 83.0 Å². The zero-order chi connectivity index (χ0) is 22.9. The highest BCUT2D eigenvalue weighted by Gasteiger charge is 2.13. The number of hydrogen-bond donors (Lipinski definition) is 2. The van der Waals surface area contributed by atoms with Gasteiger partial charge in [-0.05, 0) is 38.0 Å². The summed E-state index contributed by atoms with van der Waals surface area (Å²) in [7, 11) is 0.331. The fraction of sp³-hybridized carbons (Fsp3) is 0.435. The maximum atomic E-state index is 12.1. The van der Waals surface area contributed by atoms with E-state index in [2.05, 4.69) is 14.9 Å². The van der Waals surface area contributed by atoms with E-state index in [-0.39, 0.29) is 11.8 Å². The first-order valence-corrected chi connectivity index (χ1v) is 12.1. The summed E-state index contributed by atoms with van der Waals surface area (Å²) in [5.74, 6) is 1.61. The number of hydrogen-bond acceptors (Lipinski definition) is 4. The molecule has 0 fully saturated rings. The molecule has 7 nitrogen and oxygen atoms in total. The number of benzene rings is 2. The van der Waals surface area contributed by atoms with Gasteiger partial charge < -0.3 is 15.0 Å². The summed E-state index contributed by atoms with van der Waals surface area (Å²) in [5, 5.41) is 3.32. The Balaban J connectivity index is 2.06. The van der Waals surface area contributed by atoms with Gasteiger partial charge in [0, 0.05) is 31.7 Å². The van der Waals surface area contributed by atoms with Crippen LogP contribution < -0.4 is 14.8 Å². The summed E-state index contributed by atoms with van der Waals surface area (Å²) < 4.78 is 32.2. The molecule has 0 saturated carbocycles. The van der Waals surface area contributed by atoms with Crippen LogP contribution >= 0.6 is 0 Å². The van der Waals surface area contributed by atoms with Crippen LogP contribution in [-0.2, 0) is 28.9 Å². The van der Waals surface area contributed by atoms with Crippen LogP contribution in [0.5, 0.6) is 5.75 Å². The van der Waals surface area contributed by atoms with Gasteiger partial charge in [0.2, 0.25) is 10.0 Å². The molecule has 0 amide bonds. The smallest absolute Gasteiger partial charge is 0.216 e. The Hall–Kier alpha value is -2.58. The van der Waals surface area contributed by atoms with Gasteiger partial charge in [-0.1, -0.05) is 42.5 Å². The molecular formula is C23H34N4O3S. The van der Waals surface area contributed by atoms with Gasteiger partial charge in [0.1, 0.15) is 5.75 Å². The van der Waals surface area contributed by atoms with Gasteiger partial charge in [0.25, 0.3) is 0 Å². The first kappa shape index (κ1) is 24.7. The number of guanidine groups is 1. The number of methoxy groups -OCH3 is 1. The number of aliphatic imine (C=N–C) groups is 1. The molecule has 0 aliphatic rings. The van der Waals surface area contributed by atoms with Crippen molar-refractivity contribution in [2.24, 2.45) is 4.99 Å². The van der Waals surface area contributed by atoms with Gasteiger partial charge in [-0.25, -0.2) is 18.1 Å². The second kappa shape index (κ2) is 11.7. The van der Waals surface area contributed by atoms with Crippen molar-refractivity contribution in [2.75, 3.05) is 20.7 Å². The van der Waals surface area contributed by atoms with Crippen LogP contribution in [0.15, 0.2) is 53.5 Å². The second-order valence-corrected chi connectivity index (χ2v) is 9.44. The van der Waals surface area contributed by atoms with Crippen molar-refractivity contribution in [1.82, 2.24) is 14.9 Å². The van der Waals surface area contributed by atoms with Crippen LogP contribution in [0, 0.1) is 0 Å². The Morgan fingerprint density at radius 1 is 1.10 bits per heavy atom. The number of para-hydroxylation sites is 1. The lowest BCUT2D eigenvalue weighted by molar-refractivity contribution is 0.396. The van der Waals surface area contributed by atoms with Gasteiger partial charge >= 0.3 is 0 Å². The molecule has 2 aromatic carbocycles. The standard InChI is InChI=1S/C23H34N4O3S/c1-6-24-23(27(4)16-21-9-7-8-10-22(21)30-5)25-15-19-11-13-20(14-12-19)17-31(28,29)26-18(2)3/h7-14,18,26H,6,15-17H2,1-5H3,(H,24,25). The Labute approximate surface area is 186 Å². The Kier molecular flexibility index (Phi) is 9.33. The third-order valence-electron chi connectivity index (χ3n) is 4.50. The highest BCUT2D eigenvalue weighted by molar-refractivity contribution is 7.88. The molecule has 0 radical (unpaired) electrons. The molecule has 0 aliphatic carbocycles. The van der Waals surface area contributed by atoms with E-state index in [1.165, 1.54) is 0 Å². The molecule has 8 heteroatoms. The predicted molar refractivity (Wildman–Crippen MR) is 127 cm³/mol. The van der Waals surface area contributed by atoms with E-state index in [1.807, 2.05) is 76.3 Å². The average molecular weight is 447 g/mol. The predicted octanol–water partition coefficient (Wildman–Crippen LogP) is 3.12. The number of ether oxygens (including phenoxy) is 1. The van der Waals surface area contributed by atoms with Crippen LogP contribution in [0.1, 0.15) is 37.5 Å². The van der Waals surface area contributed by atoms with Crippen molar-refractivity contribution < 1.29 is 13.2 Å². The fourth-order valence-corrected chi connectivity index (χ4v) is 4.59. The Morgan fingerprint density at radius 3 is 2.35 bits per heavy atom. The minimum atomic E-state index is -3.33. The molecule has 2 rings (SSSR count). The summed E-state index contributed by atoms with van der Waals surface area (Å²) in [6.45, 7) is 7.57. The lowest BCUT2D eigenvalue weighted by atomic mass is 10.1. The zero-order valence-electron chi connectivity index (χ0n) is 19.1. The van der Waals surface area contributed by atoms with Crippen molar-refractivity contribution in [3.05, 3.63) is 65.2 Å². The third-order valence-corrected chi connectivity index (χ3v) is 6.05. The van der Waals surface area contributed by atoms with E-state index in [9.17, 15) is 8.42 Å². The first-order chi connectivity index (χ1) is 14.7. The molecule has 0 heterocycles. The summed E-state index contributed by atoms with van der Waals surface area (Å²) in [4.78, 5) is 6.79. The molecule has 31 heavy (non-hydrogen) atoms. The maximum Gasteiger partial charge on any atom is 0.216 e. The minimum absolute atomic E-state index is 0.0288. The molecule has 170 valence electrons. The number of sulfonamides is 1. The summed E-state index contributed by atoms with van der Waals surface area (Å²) in [5.41, 5.74) is 2.85. The van der Waals surface area contributed by atoms with E-state index in [4.69, 9.17) is 9.73 Å². The van der Waals surface area contributed by atoms with Gasteiger partial charge in [-0.2, -0.15) is 0 Å². The Bertz CT molecular complexity index is 957. The number of nitrogens with zero attached hydrogens (tertiary/aromatic N) is 2. The third kappa shape index (κ3) is 8.22. The molecule has 0 aromatic heterocycles. The van der Waals surface area contributed by atoms with Crippen molar-refractivity contribution in [2.45, 2.75) is 45.7 Å². The van der Waals surface area contributed by atoms with Gasteiger partial charge in [-0.3, -0.25) is 0 Å². The Morgan fingerprint density at radius 2 is 1.74 bits per heavy atom. The highest BCUT2D eigenvalue weighted by Crippen LogP contribution is 2.19. The largest absolute Gasteiger partial charge is 0.496 e. The lowest BCUT2D eigenvalue weighted by Crippen LogP contribution is -2.38. The lowest BCUT2D eigenvalue weighted by Gasteiger charge is -2.23. The quantitative estimate of drug-likeness (QED) is 0.433. The molecule has 0 atom stereocenters. The van der Waals surface area contributed by atoms with E-state index in [1.54, 1.807) is 7.11 Å². The number of rotatable bonds is 10. The van der Waals surface area contributed by atoms with Crippen LogP contribution in [-0.4, -0.2) is 46.0 Å². The normalized spacial score (nSPS) is 12.1. The maximum absolute atomic E-state index is 12.1. The van der Waals surface area contributed by atoms with E-state index >= 15 is 0 Å². The first-order valence-electron chi connectivity index (χ1n) is 10.4. The molecular weight excluding hydrogens is 412 g/mol. The van der Waals surface area contributed by atoms with Crippen LogP contribution in [0.3, 0.4) is 0 Å². The van der Waals surface area contributed by atoms with Crippen molar-refractivity contribution in [1.29, 1.82) is 0 Å². The van der Waals surface area contributed by atoms with Gasteiger partial charge in [0.15, 0.2) is 5.96 Å². The molecule has 0 saturated heterocycles. The van der Waals surface area contributed by atoms with Crippen LogP contribution in [0.25, 0.3) is 0 Å². The van der Waals surface area contributed by atoms with Gasteiger partial charge in [0.05, 0.1) is 19.4 Å². The molecule has 2 N–H and O–H groups in total.